The summed E-state index contributed by atoms with van der Waals surface area (Å²) < 4.78 is 5.56. The standard InChI is InChI=1S/C17H18N2O4/c1-12-3-6-15(7-4-12)23-10-9-18-16-8-5-14(13(2)20)11-17(16)19(21)22/h3-8,11,18H,9-10H2,1-2H3. The van der Waals surface area contributed by atoms with Crippen molar-refractivity contribution in [3.8, 4) is 5.75 Å². The molecule has 0 aliphatic carbocycles. The van der Waals surface area contributed by atoms with Crippen LogP contribution in [-0.4, -0.2) is 23.9 Å². The summed E-state index contributed by atoms with van der Waals surface area (Å²) in [5.74, 6) is 0.543. The predicted molar refractivity (Wildman–Crippen MR) is 88.3 cm³/mol. The van der Waals surface area contributed by atoms with Gasteiger partial charge in [0.1, 0.15) is 18.0 Å². The minimum atomic E-state index is -0.504. The number of hydrogen-bond acceptors (Lipinski definition) is 5. The smallest absolute Gasteiger partial charge is 0.293 e. The van der Waals surface area contributed by atoms with Gasteiger partial charge in [0.25, 0.3) is 5.69 Å². The Labute approximate surface area is 134 Å². The molecule has 6 heteroatoms. The highest BCUT2D eigenvalue weighted by molar-refractivity contribution is 5.95. The van der Waals surface area contributed by atoms with E-state index >= 15 is 0 Å². The van der Waals surface area contributed by atoms with Gasteiger partial charge in [0.2, 0.25) is 0 Å². The maximum Gasteiger partial charge on any atom is 0.293 e. The van der Waals surface area contributed by atoms with Crippen LogP contribution in [0.3, 0.4) is 0 Å². The topological polar surface area (TPSA) is 81.5 Å². The third-order valence-corrected chi connectivity index (χ3v) is 3.31. The summed E-state index contributed by atoms with van der Waals surface area (Å²) in [4.78, 5) is 21.9. The number of aryl methyl sites for hydroxylation is 1. The maximum absolute atomic E-state index is 11.3. The van der Waals surface area contributed by atoms with Gasteiger partial charge >= 0.3 is 0 Å². The number of carbonyl (C=O) groups is 1. The van der Waals surface area contributed by atoms with Crippen molar-refractivity contribution in [3.05, 3.63) is 63.7 Å². The quantitative estimate of drug-likeness (QED) is 0.365. The van der Waals surface area contributed by atoms with Gasteiger partial charge in [0.15, 0.2) is 5.78 Å². The van der Waals surface area contributed by atoms with Crippen LogP contribution in [0.15, 0.2) is 42.5 Å². The molecule has 120 valence electrons. The number of nitrogens with zero attached hydrogens (tertiary/aromatic N) is 1. The molecular formula is C17H18N2O4. The van der Waals surface area contributed by atoms with E-state index in [1.165, 1.54) is 13.0 Å². The average molecular weight is 314 g/mol. The van der Waals surface area contributed by atoms with E-state index in [0.717, 1.165) is 11.3 Å². The number of benzene rings is 2. The third-order valence-electron chi connectivity index (χ3n) is 3.31. The van der Waals surface area contributed by atoms with Crippen molar-refractivity contribution in [3.63, 3.8) is 0 Å². The summed E-state index contributed by atoms with van der Waals surface area (Å²) in [5, 5.41) is 14.1. The van der Waals surface area contributed by atoms with Crippen LogP contribution in [0.25, 0.3) is 0 Å². The zero-order valence-electron chi connectivity index (χ0n) is 13.0. The molecule has 0 radical (unpaired) electrons. The highest BCUT2D eigenvalue weighted by Crippen LogP contribution is 2.25. The first kappa shape index (κ1) is 16.5. The fraction of sp³-hybridized carbons (Fsp3) is 0.235. The Bertz CT molecular complexity index is 711. The number of anilines is 1. The van der Waals surface area contributed by atoms with Crippen molar-refractivity contribution in [1.82, 2.24) is 0 Å². The van der Waals surface area contributed by atoms with Gasteiger partial charge in [-0.15, -0.1) is 0 Å². The van der Waals surface area contributed by atoms with Crippen LogP contribution < -0.4 is 10.1 Å². The number of hydrogen-bond donors (Lipinski definition) is 1. The zero-order valence-corrected chi connectivity index (χ0v) is 13.0. The fourth-order valence-electron chi connectivity index (χ4n) is 2.04. The van der Waals surface area contributed by atoms with E-state index in [4.69, 9.17) is 4.74 Å². The highest BCUT2D eigenvalue weighted by atomic mass is 16.6. The van der Waals surface area contributed by atoms with Gasteiger partial charge in [0.05, 0.1) is 4.92 Å². The number of rotatable bonds is 7. The summed E-state index contributed by atoms with van der Waals surface area (Å²) in [6.45, 7) is 4.15. The van der Waals surface area contributed by atoms with Crippen molar-refractivity contribution in [2.24, 2.45) is 0 Å². The lowest BCUT2D eigenvalue weighted by molar-refractivity contribution is -0.384. The normalized spacial score (nSPS) is 10.2. The minimum absolute atomic E-state index is 0.118. The lowest BCUT2D eigenvalue weighted by Crippen LogP contribution is -2.12. The second kappa shape index (κ2) is 7.40. The molecular weight excluding hydrogens is 296 g/mol. The number of nitro benzene ring substituents is 1. The molecule has 0 unspecified atom stereocenters. The van der Waals surface area contributed by atoms with Gasteiger partial charge in [-0.05, 0) is 38.1 Å². The largest absolute Gasteiger partial charge is 0.492 e. The first-order valence-corrected chi connectivity index (χ1v) is 7.20. The predicted octanol–water partition coefficient (Wildman–Crippen LogP) is 3.60. The van der Waals surface area contributed by atoms with Gasteiger partial charge in [-0.3, -0.25) is 14.9 Å². The maximum atomic E-state index is 11.3. The van der Waals surface area contributed by atoms with Gasteiger partial charge < -0.3 is 10.1 Å². The minimum Gasteiger partial charge on any atom is -0.492 e. The van der Waals surface area contributed by atoms with Crippen LogP contribution in [0.2, 0.25) is 0 Å². The van der Waals surface area contributed by atoms with Crippen molar-refractivity contribution in [1.29, 1.82) is 0 Å². The molecule has 2 aromatic rings. The molecule has 1 N–H and O–H groups in total. The number of nitro groups is 1. The highest BCUT2D eigenvalue weighted by Gasteiger charge is 2.15. The van der Waals surface area contributed by atoms with E-state index in [1.807, 2.05) is 31.2 Å². The summed E-state index contributed by atoms with van der Waals surface area (Å²) in [6.07, 6.45) is 0. The Hall–Kier alpha value is -2.89. The monoisotopic (exact) mass is 314 g/mol. The molecule has 23 heavy (non-hydrogen) atoms. The number of ketones is 1. The first-order chi connectivity index (χ1) is 11.0. The van der Waals surface area contributed by atoms with Crippen LogP contribution in [0.5, 0.6) is 5.75 Å². The molecule has 0 saturated carbocycles. The van der Waals surface area contributed by atoms with Crippen molar-refractivity contribution in [2.45, 2.75) is 13.8 Å². The summed E-state index contributed by atoms with van der Waals surface area (Å²) >= 11 is 0. The molecule has 0 spiro atoms. The lowest BCUT2D eigenvalue weighted by atomic mass is 10.1. The van der Waals surface area contributed by atoms with Crippen LogP contribution in [0.1, 0.15) is 22.8 Å². The van der Waals surface area contributed by atoms with E-state index in [9.17, 15) is 14.9 Å². The molecule has 2 aromatic carbocycles. The molecule has 6 nitrogen and oxygen atoms in total. The van der Waals surface area contributed by atoms with Gasteiger partial charge in [-0.25, -0.2) is 0 Å². The lowest BCUT2D eigenvalue weighted by Gasteiger charge is -2.09. The Morgan fingerprint density at radius 3 is 2.52 bits per heavy atom. The molecule has 2 rings (SSSR count). The second-order valence-corrected chi connectivity index (χ2v) is 5.13. The second-order valence-electron chi connectivity index (χ2n) is 5.13. The van der Waals surface area contributed by atoms with Crippen LogP contribution in [-0.2, 0) is 0 Å². The van der Waals surface area contributed by atoms with Crippen molar-refractivity contribution < 1.29 is 14.5 Å². The number of nitrogens with one attached hydrogen (secondary N) is 1. The van der Waals surface area contributed by atoms with E-state index in [2.05, 4.69) is 5.32 Å². The SMILES string of the molecule is CC(=O)c1ccc(NCCOc2ccc(C)cc2)c([N+](=O)[O-])c1. The number of carbonyl (C=O) groups excluding carboxylic acids is 1. The van der Waals surface area contributed by atoms with Gasteiger partial charge in [0, 0.05) is 18.2 Å². The molecule has 0 fully saturated rings. The van der Waals surface area contributed by atoms with E-state index in [0.29, 0.717) is 24.4 Å². The van der Waals surface area contributed by atoms with Crippen LogP contribution in [0.4, 0.5) is 11.4 Å². The van der Waals surface area contributed by atoms with Gasteiger partial charge in [-0.1, -0.05) is 17.7 Å². The Balaban J connectivity index is 1.96. The van der Waals surface area contributed by atoms with Crippen LogP contribution in [0, 0.1) is 17.0 Å². The van der Waals surface area contributed by atoms with E-state index in [1.54, 1.807) is 12.1 Å². The Kier molecular flexibility index (Phi) is 5.30. The van der Waals surface area contributed by atoms with E-state index in [-0.39, 0.29) is 11.5 Å². The summed E-state index contributed by atoms with van der Waals surface area (Å²) in [6, 6.07) is 12.0. The molecule has 0 aliphatic heterocycles. The van der Waals surface area contributed by atoms with E-state index < -0.39 is 4.92 Å². The fourth-order valence-corrected chi connectivity index (χ4v) is 2.04. The summed E-state index contributed by atoms with van der Waals surface area (Å²) in [5.41, 5.74) is 1.72. The number of Topliss-reactive ketones (excluding diaryl/α,β-unsaturated/α-hetero) is 1. The van der Waals surface area contributed by atoms with Crippen LogP contribution >= 0.6 is 0 Å². The zero-order chi connectivity index (χ0) is 16.8. The summed E-state index contributed by atoms with van der Waals surface area (Å²) in [7, 11) is 0. The molecule has 0 bridgehead atoms. The molecule has 0 amide bonds. The van der Waals surface area contributed by atoms with Gasteiger partial charge in [-0.2, -0.15) is 0 Å². The Morgan fingerprint density at radius 2 is 1.91 bits per heavy atom. The van der Waals surface area contributed by atoms with Crippen molar-refractivity contribution in [2.75, 3.05) is 18.5 Å². The third kappa shape index (κ3) is 4.54. The molecule has 0 aliphatic rings. The number of ether oxygens (including phenoxy) is 1. The molecule has 0 atom stereocenters. The first-order valence-electron chi connectivity index (χ1n) is 7.20. The molecule has 0 saturated heterocycles. The molecule has 0 heterocycles. The van der Waals surface area contributed by atoms with Crippen molar-refractivity contribution >= 4 is 17.2 Å². The molecule has 0 aromatic heterocycles. The average Bonchev–Trinajstić information content (AvgIpc) is 2.53. The Morgan fingerprint density at radius 1 is 1.22 bits per heavy atom.